The third-order valence-electron chi connectivity index (χ3n) is 11.2. The van der Waals surface area contributed by atoms with Gasteiger partial charge in [-0.1, -0.05) is 121 Å². The first-order valence-corrected chi connectivity index (χ1v) is 19.3. The third kappa shape index (κ3) is 4.97. The highest BCUT2D eigenvalue weighted by atomic mass is 15.2. The lowest BCUT2D eigenvalue weighted by Gasteiger charge is -2.13. The first-order valence-electron chi connectivity index (χ1n) is 19.3. The summed E-state index contributed by atoms with van der Waals surface area (Å²) in [6.07, 6.45) is 3.63. The maximum Gasteiger partial charge on any atom is 0.238 e. The molecule has 0 saturated heterocycles. The molecule has 12 rings (SSSR count). The van der Waals surface area contributed by atoms with Crippen molar-refractivity contribution in [3.05, 3.63) is 188 Å². The molecule has 270 valence electrons. The van der Waals surface area contributed by atoms with E-state index in [9.17, 15) is 0 Å². The van der Waals surface area contributed by atoms with E-state index in [0.717, 1.165) is 77.4 Å². The molecule has 0 atom stereocenters. The number of pyridine rings is 3. The van der Waals surface area contributed by atoms with Crippen molar-refractivity contribution in [2.24, 2.45) is 0 Å². The highest BCUT2D eigenvalue weighted by Crippen LogP contribution is 2.41. The maximum atomic E-state index is 5.37. The number of hydrogen-bond donors (Lipinski definition) is 0. The first kappa shape index (κ1) is 32.2. The van der Waals surface area contributed by atoms with Crippen LogP contribution in [0.5, 0.6) is 0 Å². The van der Waals surface area contributed by atoms with Gasteiger partial charge in [0.15, 0.2) is 11.6 Å². The van der Waals surface area contributed by atoms with E-state index in [1.165, 1.54) is 16.2 Å². The monoisotopic (exact) mass is 741 g/mol. The Hall–Kier alpha value is -8.03. The molecule has 0 bridgehead atoms. The topological polar surface area (TPSA) is 73.8 Å². The van der Waals surface area contributed by atoms with Crippen molar-refractivity contribution < 1.29 is 0 Å². The van der Waals surface area contributed by atoms with E-state index in [1.807, 2.05) is 60.9 Å². The fraction of sp³-hybridized carbons (Fsp3) is 0. The summed E-state index contributed by atoms with van der Waals surface area (Å²) in [5, 5.41) is 7.03. The summed E-state index contributed by atoms with van der Waals surface area (Å²) in [5.41, 5.74) is 10.9. The van der Waals surface area contributed by atoms with Crippen molar-refractivity contribution >= 4 is 59.9 Å². The Kier molecular flexibility index (Phi) is 7.09. The highest BCUT2D eigenvalue weighted by molar-refractivity contribution is 6.22. The molecule has 0 aliphatic rings. The van der Waals surface area contributed by atoms with Gasteiger partial charge in [-0.05, 0) is 60.0 Å². The number of aromatic nitrogens is 7. The van der Waals surface area contributed by atoms with Gasteiger partial charge in [-0.3, -0.25) is 14.5 Å². The molecule has 58 heavy (non-hydrogen) atoms. The summed E-state index contributed by atoms with van der Waals surface area (Å²) in [4.78, 5) is 25.2. The van der Waals surface area contributed by atoms with Crippen LogP contribution in [0.1, 0.15) is 0 Å². The Balaban J connectivity index is 1.20. The lowest BCUT2D eigenvalue weighted by Crippen LogP contribution is -2.07. The fourth-order valence-corrected chi connectivity index (χ4v) is 8.66. The van der Waals surface area contributed by atoms with Crippen LogP contribution in [0.25, 0.3) is 111 Å². The van der Waals surface area contributed by atoms with E-state index >= 15 is 0 Å². The van der Waals surface area contributed by atoms with Crippen molar-refractivity contribution in [2.75, 3.05) is 0 Å². The summed E-state index contributed by atoms with van der Waals surface area (Å²) in [6.45, 7) is 0. The van der Waals surface area contributed by atoms with E-state index in [1.54, 1.807) is 0 Å². The van der Waals surface area contributed by atoms with Crippen LogP contribution >= 0.6 is 0 Å². The van der Waals surface area contributed by atoms with E-state index in [0.29, 0.717) is 17.6 Å². The van der Waals surface area contributed by atoms with Crippen LogP contribution in [0, 0.1) is 0 Å². The molecule has 6 aromatic carbocycles. The Labute approximate surface area is 332 Å². The number of hydrogen-bond acceptors (Lipinski definition) is 5. The zero-order chi connectivity index (χ0) is 38.2. The Morgan fingerprint density at radius 2 is 0.879 bits per heavy atom. The van der Waals surface area contributed by atoms with Gasteiger partial charge in [-0.25, -0.2) is 4.98 Å². The van der Waals surface area contributed by atoms with E-state index in [2.05, 4.69) is 146 Å². The van der Waals surface area contributed by atoms with Crippen molar-refractivity contribution in [1.82, 2.24) is 33.9 Å². The Morgan fingerprint density at radius 3 is 1.50 bits per heavy atom. The minimum atomic E-state index is 0.533. The number of rotatable bonds is 5. The molecule has 6 aromatic heterocycles. The van der Waals surface area contributed by atoms with Crippen LogP contribution in [0.3, 0.4) is 0 Å². The van der Waals surface area contributed by atoms with Crippen LogP contribution < -0.4 is 0 Å². The molecule has 0 aliphatic heterocycles. The minimum Gasteiger partial charge on any atom is -0.307 e. The molecule has 0 amide bonds. The number of fused-ring (bicyclic) bond motifs is 12. The molecule has 0 aliphatic carbocycles. The molecular formula is C51H31N7. The predicted molar refractivity (Wildman–Crippen MR) is 235 cm³/mol. The molecule has 0 unspecified atom stereocenters. The smallest absolute Gasteiger partial charge is 0.238 e. The summed E-state index contributed by atoms with van der Waals surface area (Å²) in [6, 6.07) is 61.2. The van der Waals surface area contributed by atoms with Gasteiger partial charge >= 0.3 is 0 Å². The second-order valence-corrected chi connectivity index (χ2v) is 14.6. The first-order chi connectivity index (χ1) is 28.8. The molecule has 0 radical (unpaired) electrons. The van der Waals surface area contributed by atoms with Crippen LogP contribution in [-0.4, -0.2) is 33.9 Å². The average molecular weight is 742 g/mol. The lowest BCUT2D eigenvalue weighted by molar-refractivity contribution is 0.954. The standard InChI is InChI=1S/C51H31N7/c1-2-19-39-37(17-1)38-18-3-5-23-44(38)57-46(39)31-34-25-26-41-40-20-4-6-24-45(40)58(48(41)47(34)57)51-55-49(35-15-11-13-32(29-35)42-21-7-9-27-52-42)54-50(56-51)36-16-12-14-33(30-36)43-22-8-10-28-53-43/h1-31H. The van der Waals surface area contributed by atoms with Crippen molar-refractivity contribution in [3.63, 3.8) is 0 Å². The zero-order valence-electron chi connectivity index (χ0n) is 31.0. The van der Waals surface area contributed by atoms with Gasteiger partial charge in [-0.2, -0.15) is 9.97 Å². The van der Waals surface area contributed by atoms with Crippen molar-refractivity contribution in [1.29, 1.82) is 0 Å². The van der Waals surface area contributed by atoms with Gasteiger partial charge in [0.05, 0.1) is 39.0 Å². The number of para-hydroxylation sites is 2. The number of benzene rings is 6. The maximum absolute atomic E-state index is 5.37. The highest BCUT2D eigenvalue weighted by Gasteiger charge is 2.23. The summed E-state index contributed by atoms with van der Waals surface area (Å²) in [7, 11) is 0. The van der Waals surface area contributed by atoms with Crippen LogP contribution in [0.15, 0.2) is 188 Å². The molecule has 12 aromatic rings. The third-order valence-corrected chi connectivity index (χ3v) is 11.2. The van der Waals surface area contributed by atoms with E-state index < -0.39 is 0 Å². The summed E-state index contributed by atoms with van der Waals surface area (Å²) >= 11 is 0. The Morgan fingerprint density at radius 1 is 0.345 bits per heavy atom. The Bertz CT molecular complexity index is 3470. The van der Waals surface area contributed by atoms with Crippen LogP contribution in [0.2, 0.25) is 0 Å². The van der Waals surface area contributed by atoms with Crippen molar-refractivity contribution in [3.8, 4) is 51.2 Å². The minimum absolute atomic E-state index is 0.533. The zero-order valence-corrected chi connectivity index (χ0v) is 31.0. The largest absolute Gasteiger partial charge is 0.307 e. The summed E-state index contributed by atoms with van der Waals surface area (Å²) in [5.74, 6) is 1.66. The molecule has 6 heterocycles. The molecule has 0 saturated carbocycles. The van der Waals surface area contributed by atoms with Gasteiger partial charge in [0, 0.05) is 61.6 Å². The van der Waals surface area contributed by atoms with Crippen LogP contribution in [0.4, 0.5) is 0 Å². The number of nitrogens with zero attached hydrogens (tertiary/aromatic N) is 7. The van der Waals surface area contributed by atoms with E-state index in [4.69, 9.17) is 15.0 Å². The lowest BCUT2D eigenvalue weighted by atomic mass is 10.1. The normalized spacial score (nSPS) is 11.8. The van der Waals surface area contributed by atoms with E-state index in [-0.39, 0.29) is 0 Å². The predicted octanol–water partition coefficient (Wildman–Crippen LogP) is 12.1. The molecule has 7 nitrogen and oxygen atoms in total. The van der Waals surface area contributed by atoms with Gasteiger partial charge in [-0.15, -0.1) is 0 Å². The molecule has 7 heteroatoms. The summed E-state index contributed by atoms with van der Waals surface area (Å²) < 4.78 is 4.67. The molecule has 0 fully saturated rings. The molecule has 0 spiro atoms. The SMILES string of the molecule is c1ccc(-c2cccc(-c3nc(-c4cccc(-c5ccccn5)c4)nc(-n4c5ccccc5c5ccc6cc7c8ccccc8c8ccccc8n7c6c54)n3)c2)nc1. The molecule has 0 N–H and O–H groups in total. The van der Waals surface area contributed by atoms with Gasteiger partial charge < -0.3 is 4.40 Å². The molecular weight excluding hydrogens is 711 g/mol. The quantitative estimate of drug-likeness (QED) is 0.164. The van der Waals surface area contributed by atoms with Crippen molar-refractivity contribution in [2.45, 2.75) is 0 Å². The van der Waals surface area contributed by atoms with Gasteiger partial charge in [0.1, 0.15) is 0 Å². The second kappa shape index (κ2) is 12.8. The fourth-order valence-electron chi connectivity index (χ4n) is 8.66. The van der Waals surface area contributed by atoms with Gasteiger partial charge in [0.25, 0.3) is 0 Å². The second-order valence-electron chi connectivity index (χ2n) is 14.6. The average Bonchev–Trinajstić information content (AvgIpc) is 3.87. The van der Waals surface area contributed by atoms with Gasteiger partial charge in [0.2, 0.25) is 5.95 Å². The van der Waals surface area contributed by atoms with Crippen LogP contribution in [-0.2, 0) is 0 Å².